The van der Waals surface area contributed by atoms with Gasteiger partial charge in [0.2, 0.25) is 5.91 Å². The first-order valence-corrected chi connectivity index (χ1v) is 10.0. The van der Waals surface area contributed by atoms with E-state index < -0.39 is 30.4 Å². The van der Waals surface area contributed by atoms with E-state index in [0.717, 1.165) is 0 Å². The molecule has 2 aromatic carbocycles. The smallest absolute Gasteiger partial charge is 0.338 e. The summed E-state index contributed by atoms with van der Waals surface area (Å²) in [6.45, 7) is 1.45. The van der Waals surface area contributed by atoms with Gasteiger partial charge in [-0.25, -0.2) is 4.79 Å². The van der Waals surface area contributed by atoms with Crippen molar-refractivity contribution in [1.29, 1.82) is 0 Å². The average Bonchev–Trinajstić information content (AvgIpc) is 2.74. The first-order chi connectivity index (χ1) is 14.8. The molecule has 0 saturated heterocycles. The number of hydrogen-bond acceptors (Lipinski definition) is 6. The monoisotopic (exact) mass is 466 g/mol. The molecule has 31 heavy (non-hydrogen) atoms. The maximum Gasteiger partial charge on any atom is 0.338 e. The zero-order valence-electron chi connectivity index (χ0n) is 16.6. The Balaban J connectivity index is 1.72. The number of ether oxygens (including phenoxy) is 2. The molecule has 0 aliphatic carbocycles. The molecule has 2 rings (SSSR count). The molecule has 0 saturated carbocycles. The van der Waals surface area contributed by atoms with Crippen LogP contribution in [0.3, 0.4) is 0 Å². The van der Waals surface area contributed by atoms with E-state index in [2.05, 4.69) is 10.6 Å². The largest absolute Gasteiger partial charge is 0.462 e. The predicted octanol–water partition coefficient (Wildman–Crippen LogP) is 4.07. The summed E-state index contributed by atoms with van der Waals surface area (Å²) in [5.41, 5.74) is 1.11. The maximum absolute atomic E-state index is 11.9. The van der Waals surface area contributed by atoms with Crippen LogP contribution in [0.5, 0.6) is 0 Å². The third-order valence-corrected chi connectivity index (χ3v) is 4.37. The van der Waals surface area contributed by atoms with Crippen LogP contribution in [0.25, 0.3) is 0 Å². The summed E-state index contributed by atoms with van der Waals surface area (Å²) >= 11 is 11.8. The van der Waals surface area contributed by atoms with E-state index in [0.29, 0.717) is 27.0 Å². The van der Waals surface area contributed by atoms with Gasteiger partial charge in [0.25, 0.3) is 5.91 Å². The summed E-state index contributed by atoms with van der Waals surface area (Å²) in [5, 5.41) is 5.79. The molecule has 0 fully saturated rings. The van der Waals surface area contributed by atoms with Gasteiger partial charge in [-0.1, -0.05) is 23.2 Å². The van der Waals surface area contributed by atoms with Gasteiger partial charge in [-0.2, -0.15) is 0 Å². The summed E-state index contributed by atoms with van der Waals surface area (Å²) in [6, 6.07) is 10.7. The molecule has 0 aliphatic heterocycles. The molecule has 0 aromatic heterocycles. The minimum atomic E-state index is -0.708. The number of carbonyl (C=O) groups excluding carboxylic acids is 4. The molecule has 8 nitrogen and oxygen atoms in total. The molecule has 0 bridgehead atoms. The average molecular weight is 467 g/mol. The fraction of sp³-hybridized carbons (Fsp3) is 0.238. The lowest BCUT2D eigenvalue weighted by molar-refractivity contribution is -0.147. The highest BCUT2D eigenvalue weighted by Crippen LogP contribution is 2.25. The lowest BCUT2D eigenvalue weighted by atomic mass is 10.2. The molecule has 0 aliphatic rings. The van der Waals surface area contributed by atoms with Gasteiger partial charge in [-0.05, 0) is 49.4 Å². The molecule has 2 aromatic rings. The topological polar surface area (TPSA) is 111 Å². The third kappa shape index (κ3) is 8.27. The van der Waals surface area contributed by atoms with Crippen molar-refractivity contribution in [3.05, 3.63) is 58.1 Å². The van der Waals surface area contributed by atoms with Gasteiger partial charge in [0.05, 0.1) is 29.3 Å². The number of amides is 2. The minimum absolute atomic E-state index is 0.154. The lowest BCUT2D eigenvalue weighted by Gasteiger charge is -2.09. The minimum Gasteiger partial charge on any atom is -0.462 e. The Bertz CT molecular complexity index is 963. The normalized spacial score (nSPS) is 10.2. The van der Waals surface area contributed by atoms with Crippen LogP contribution in [0.15, 0.2) is 42.5 Å². The Labute approximate surface area is 188 Å². The van der Waals surface area contributed by atoms with Gasteiger partial charge in [0, 0.05) is 17.1 Å². The molecule has 10 heteroatoms. The first kappa shape index (κ1) is 24.2. The van der Waals surface area contributed by atoms with Crippen molar-refractivity contribution in [2.45, 2.75) is 19.8 Å². The van der Waals surface area contributed by atoms with E-state index in [1.54, 1.807) is 13.0 Å². The molecule has 164 valence electrons. The molecular weight excluding hydrogens is 447 g/mol. The van der Waals surface area contributed by atoms with E-state index in [1.807, 2.05) is 0 Å². The summed E-state index contributed by atoms with van der Waals surface area (Å²) < 4.78 is 9.73. The zero-order valence-corrected chi connectivity index (χ0v) is 18.1. The molecule has 0 heterocycles. The SMILES string of the molecule is CCOC(=O)c1ccc(NC(=O)COC(=O)CCC(=O)Nc2cc(Cl)ccc2Cl)cc1. The first-order valence-electron chi connectivity index (χ1n) is 9.26. The van der Waals surface area contributed by atoms with Crippen LogP contribution in [0, 0.1) is 0 Å². The van der Waals surface area contributed by atoms with Crippen molar-refractivity contribution < 1.29 is 28.7 Å². The van der Waals surface area contributed by atoms with E-state index in [-0.39, 0.29) is 19.4 Å². The maximum atomic E-state index is 11.9. The Morgan fingerprint density at radius 2 is 1.58 bits per heavy atom. The van der Waals surface area contributed by atoms with Crippen LogP contribution in [0.2, 0.25) is 10.0 Å². The second-order valence-corrected chi connectivity index (χ2v) is 7.02. The van der Waals surface area contributed by atoms with Gasteiger partial charge in [-0.15, -0.1) is 0 Å². The van der Waals surface area contributed by atoms with Crippen LogP contribution in [0.4, 0.5) is 11.4 Å². The standard InChI is InChI=1S/C21H20Cl2N2O6/c1-2-30-21(29)13-3-6-15(7-4-13)24-19(27)12-31-20(28)10-9-18(26)25-17-11-14(22)5-8-16(17)23/h3-8,11H,2,9-10,12H2,1H3,(H,24,27)(H,25,26). The van der Waals surface area contributed by atoms with E-state index in [9.17, 15) is 19.2 Å². The second kappa shape index (κ2) is 11.9. The lowest BCUT2D eigenvalue weighted by Crippen LogP contribution is -2.21. The summed E-state index contributed by atoms with van der Waals surface area (Å²) in [7, 11) is 0. The Hall–Kier alpha value is -3.10. The van der Waals surface area contributed by atoms with Crippen molar-refractivity contribution in [2.75, 3.05) is 23.8 Å². The third-order valence-electron chi connectivity index (χ3n) is 3.80. The molecular formula is C21H20Cl2N2O6. The highest BCUT2D eigenvalue weighted by Gasteiger charge is 2.13. The molecule has 0 atom stereocenters. The molecule has 0 unspecified atom stereocenters. The van der Waals surface area contributed by atoms with Crippen LogP contribution in [0.1, 0.15) is 30.1 Å². The van der Waals surface area contributed by atoms with Crippen LogP contribution >= 0.6 is 23.2 Å². The fourth-order valence-corrected chi connectivity index (χ4v) is 2.68. The van der Waals surface area contributed by atoms with Crippen LogP contribution in [-0.2, 0) is 23.9 Å². The number of hydrogen-bond donors (Lipinski definition) is 2. The zero-order chi connectivity index (χ0) is 22.8. The molecule has 0 spiro atoms. The Morgan fingerprint density at radius 3 is 2.26 bits per heavy atom. The molecule has 0 radical (unpaired) electrons. The fourth-order valence-electron chi connectivity index (χ4n) is 2.34. The summed E-state index contributed by atoms with van der Waals surface area (Å²) in [4.78, 5) is 47.2. The molecule has 2 N–H and O–H groups in total. The van der Waals surface area contributed by atoms with Gasteiger partial charge >= 0.3 is 11.9 Å². The number of anilines is 2. The van der Waals surface area contributed by atoms with Crippen molar-refractivity contribution >= 4 is 58.3 Å². The van der Waals surface area contributed by atoms with Crippen LogP contribution < -0.4 is 10.6 Å². The second-order valence-electron chi connectivity index (χ2n) is 6.18. The van der Waals surface area contributed by atoms with Crippen molar-refractivity contribution in [3.8, 4) is 0 Å². The molecule has 2 amide bonds. The van der Waals surface area contributed by atoms with E-state index >= 15 is 0 Å². The predicted molar refractivity (Wildman–Crippen MR) is 116 cm³/mol. The van der Waals surface area contributed by atoms with Gasteiger partial charge in [0.1, 0.15) is 0 Å². The highest BCUT2D eigenvalue weighted by atomic mass is 35.5. The Kier molecular flexibility index (Phi) is 9.30. The van der Waals surface area contributed by atoms with Crippen molar-refractivity contribution in [2.24, 2.45) is 0 Å². The van der Waals surface area contributed by atoms with Crippen molar-refractivity contribution in [1.82, 2.24) is 0 Å². The van der Waals surface area contributed by atoms with Crippen molar-refractivity contribution in [3.63, 3.8) is 0 Å². The van der Waals surface area contributed by atoms with Gasteiger partial charge in [0.15, 0.2) is 6.61 Å². The number of benzene rings is 2. The number of halogens is 2. The van der Waals surface area contributed by atoms with Gasteiger partial charge < -0.3 is 20.1 Å². The summed E-state index contributed by atoms with van der Waals surface area (Å²) in [5.74, 6) is -2.18. The summed E-state index contributed by atoms with van der Waals surface area (Å²) in [6.07, 6.45) is -0.371. The van der Waals surface area contributed by atoms with Gasteiger partial charge in [-0.3, -0.25) is 14.4 Å². The Morgan fingerprint density at radius 1 is 0.871 bits per heavy atom. The number of nitrogens with one attached hydrogen (secondary N) is 2. The van der Waals surface area contributed by atoms with Crippen LogP contribution in [-0.4, -0.2) is 37.0 Å². The highest BCUT2D eigenvalue weighted by molar-refractivity contribution is 6.35. The van der Waals surface area contributed by atoms with E-state index in [4.69, 9.17) is 32.7 Å². The quantitative estimate of drug-likeness (QED) is 0.538. The number of esters is 2. The number of carbonyl (C=O) groups is 4. The van der Waals surface area contributed by atoms with E-state index in [1.165, 1.54) is 36.4 Å². The number of rotatable bonds is 9.